The maximum Gasteiger partial charge on any atom is 0.321 e. The molecular weight excluding hydrogens is 292 g/mol. The molecule has 1 heterocycles. The van der Waals surface area contributed by atoms with E-state index >= 15 is 0 Å². The van der Waals surface area contributed by atoms with Crippen LogP contribution >= 0.6 is 22.9 Å². The number of hydrogen-bond acceptors (Lipinski definition) is 5. The number of nitrogens with two attached hydrogens (primary N) is 1. The molecule has 1 aromatic carbocycles. The highest BCUT2D eigenvalue weighted by Crippen LogP contribution is 2.35. The molecule has 2 N–H and O–H groups in total. The minimum atomic E-state index is -0.623. The second kappa shape index (κ2) is 4.98. The monoisotopic (exact) mass is 300 g/mol. The Balaban J connectivity index is 2.57. The van der Waals surface area contributed by atoms with Gasteiger partial charge in [-0.2, -0.15) is 0 Å². The number of nitrogens with zero attached hydrogens (tertiary/aromatic N) is 3. The molecule has 2 amide bonds. The third kappa shape index (κ3) is 2.45. The molecule has 2 aromatic rings. The van der Waals surface area contributed by atoms with Crippen molar-refractivity contribution in [2.45, 2.75) is 6.92 Å². The van der Waals surface area contributed by atoms with Crippen molar-refractivity contribution in [2.75, 3.05) is 11.4 Å². The highest BCUT2D eigenvalue weighted by atomic mass is 35.5. The molecule has 7 nitrogen and oxygen atoms in total. The van der Waals surface area contributed by atoms with E-state index in [4.69, 9.17) is 17.3 Å². The molecule has 19 heavy (non-hydrogen) atoms. The number of benzene rings is 1. The van der Waals surface area contributed by atoms with E-state index in [9.17, 15) is 14.9 Å². The number of rotatable bonds is 3. The fraction of sp³-hybridized carbons (Fsp3) is 0.200. The van der Waals surface area contributed by atoms with Crippen LogP contribution in [0.15, 0.2) is 12.1 Å². The van der Waals surface area contributed by atoms with E-state index < -0.39 is 11.0 Å². The Morgan fingerprint density at radius 3 is 2.84 bits per heavy atom. The van der Waals surface area contributed by atoms with Gasteiger partial charge in [0.1, 0.15) is 5.02 Å². The van der Waals surface area contributed by atoms with Crippen LogP contribution < -0.4 is 10.6 Å². The summed E-state index contributed by atoms with van der Waals surface area (Å²) in [4.78, 5) is 26.9. The van der Waals surface area contributed by atoms with Gasteiger partial charge in [-0.15, -0.1) is 0 Å². The molecule has 9 heteroatoms. The summed E-state index contributed by atoms with van der Waals surface area (Å²) in [6.45, 7) is 2.12. The number of thiazole rings is 1. The van der Waals surface area contributed by atoms with Gasteiger partial charge in [0.25, 0.3) is 5.69 Å². The normalized spacial score (nSPS) is 10.6. The number of carbonyl (C=O) groups excluding carboxylic acids is 1. The zero-order valence-corrected chi connectivity index (χ0v) is 11.4. The number of aromatic nitrogens is 1. The maximum absolute atomic E-state index is 11.2. The summed E-state index contributed by atoms with van der Waals surface area (Å²) < 4.78 is 0.658. The van der Waals surface area contributed by atoms with E-state index in [1.54, 1.807) is 6.92 Å². The highest BCUT2D eigenvalue weighted by Gasteiger charge is 2.19. The van der Waals surface area contributed by atoms with Crippen LogP contribution in [0.4, 0.5) is 15.6 Å². The average molecular weight is 301 g/mol. The number of carbonyl (C=O) groups is 1. The summed E-state index contributed by atoms with van der Waals surface area (Å²) in [6, 6.07) is 2.12. The van der Waals surface area contributed by atoms with Gasteiger partial charge >= 0.3 is 6.03 Å². The van der Waals surface area contributed by atoms with Crippen molar-refractivity contribution >= 4 is 50.0 Å². The van der Waals surface area contributed by atoms with Crippen molar-refractivity contribution in [3.05, 3.63) is 27.3 Å². The second-order valence-electron chi connectivity index (χ2n) is 3.61. The Kier molecular flexibility index (Phi) is 3.54. The number of nitro benzene ring substituents is 1. The summed E-state index contributed by atoms with van der Waals surface area (Å²) in [5, 5.41) is 11.2. The van der Waals surface area contributed by atoms with E-state index in [2.05, 4.69) is 4.98 Å². The van der Waals surface area contributed by atoms with Crippen molar-refractivity contribution in [1.29, 1.82) is 0 Å². The average Bonchev–Trinajstić information content (AvgIpc) is 2.70. The Bertz CT molecular complexity index is 672. The first-order valence-electron chi connectivity index (χ1n) is 5.25. The minimum Gasteiger partial charge on any atom is -0.351 e. The number of anilines is 1. The van der Waals surface area contributed by atoms with E-state index in [-0.39, 0.29) is 10.7 Å². The van der Waals surface area contributed by atoms with Crippen LogP contribution in [0.5, 0.6) is 0 Å². The first-order valence-corrected chi connectivity index (χ1v) is 6.45. The second-order valence-corrected chi connectivity index (χ2v) is 5.02. The fourth-order valence-electron chi connectivity index (χ4n) is 1.57. The Hall–Kier alpha value is -1.93. The Labute approximate surface area is 116 Å². The van der Waals surface area contributed by atoms with Crippen LogP contribution in [0.3, 0.4) is 0 Å². The molecule has 1 aromatic heterocycles. The van der Waals surface area contributed by atoms with Gasteiger partial charge in [-0.25, -0.2) is 9.78 Å². The molecule has 0 bridgehead atoms. The van der Waals surface area contributed by atoms with Crippen LogP contribution in [0.2, 0.25) is 5.02 Å². The molecule has 0 fully saturated rings. The van der Waals surface area contributed by atoms with Crippen molar-refractivity contribution in [3.8, 4) is 0 Å². The zero-order chi connectivity index (χ0) is 14.2. The topological polar surface area (TPSA) is 102 Å². The number of amides is 2. The number of primary amides is 1. The Morgan fingerprint density at radius 1 is 1.63 bits per heavy atom. The molecular formula is C10H9ClN4O3S. The Morgan fingerprint density at radius 2 is 2.32 bits per heavy atom. The first-order chi connectivity index (χ1) is 8.93. The van der Waals surface area contributed by atoms with Gasteiger partial charge in [-0.05, 0) is 13.0 Å². The third-order valence-corrected chi connectivity index (χ3v) is 3.80. The molecule has 0 unspecified atom stereocenters. The minimum absolute atomic E-state index is 0.0369. The third-order valence-electron chi connectivity index (χ3n) is 2.46. The molecule has 0 saturated heterocycles. The maximum atomic E-state index is 11.2. The first kappa shape index (κ1) is 13.5. The summed E-state index contributed by atoms with van der Waals surface area (Å²) in [6.07, 6.45) is 0. The molecule has 0 aliphatic heterocycles. The largest absolute Gasteiger partial charge is 0.351 e. The van der Waals surface area contributed by atoms with Gasteiger partial charge in [0.05, 0.1) is 15.1 Å². The lowest BCUT2D eigenvalue weighted by atomic mass is 10.3. The molecule has 0 radical (unpaired) electrons. The lowest BCUT2D eigenvalue weighted by Crippen LogP contribution is -2.35. The summed E-state index contributed by atoms with van der Waals surface area (Å²) in [7, 11) is 0. The van der Waals surface area contributed by atoms with Crippen LogP contribution in [-0.4, -0.2) is 22.5 Å². The fourth-order valence-corrected chi connectivity index (χ4v) is 2.92. The standard InChI is InChI=1S/C10H9ClN4O3S/c1-2-14(9(12)16)10-13-6-4-7(15(17)18)5(11)3-8(6)19-10/h3-4H,2H2,1H3,(H2,12,16). The summed E-state index contributed by atoms with van der Waals surface area (Å²) in [5.41, 5.74) is 5.43. The van der Waals surface area contributed by atoms with Gasteiger partial charge in [0.15, 0.2) is 5.13 Å². The van der Waals surface area contributed by atoms with Crippen molar-refractivity contribution in [2.24, 2.45) is 5.73 Å². The lowest BCUT2D eigenvalue weighted by Gasteiger charge is -2.13. The number of fused-ring (bicyclic) bond motifs is 1. The molecule has 0 spiro atoms. The van der Waals surface area contributed by atoms with E-state index in [1.807, 2.05) is 0 Å². The zero-order valence-electron chi connectivity index (χ0n) is 9.79. The van der Waals surface area contributed by atoms with E-state index in [0.717, 1.165) is 0 Å². The van der Waals surface area contributed by atoms with Crippen LogP contribution in [-0.2, 0) is 0 Å². The van der Waals surface area contributed by atoms with Crippen molar-refractivity contribution in [3.63, 3.8) is 0 Å². The highest BCUT2D eigenvalue weighted by molar-refractivity contribution is 7.22. The number of nitro groups is 1. The lowest BCUT2D eigenvalue weighted by molar-refractivity contribution is -0.384. The van der Waals surface area contributed by atoms with Crippen LogP contribution in [0, 0.1) is 10.1 Å². The quantitative estimate of drug-likeness (QED) is 0.695. The van der Waals surface area contributed by atoms with Gasteiger partial charge in [-0.1, -0.05) is 22.9 Å². The van der Waals surface area contributed by atoms with Crippen LogP contribution in [0.25, 0.3) is 10.2 Å². The predicted molar refractivity (Wildman–Crippen MR) is 73.9 cm³/mol. The molecule has 0 aliphatic carbocycles. The summed E-state index contributed by atoms with van der Waals surface area (Å²) in [5.74, 6) is 0. The van der Waals surface area contributed by atoms with E-state index in [1.165, 1.54) is 28.4 Å². The summed E-state index contributed by atoms with van der Waals surface area (Å²) >= 11 is 7.02. The molecule has 100 valence electrons. The molecule has 0 aliphatic rings. The van der Waals surface area contributed by atoms with Gasteiger partial charge in [0, 0.05) is 12.6 Å². The van der Waals surface area contributed by atoms with Crippen molar-refractivity contribution in [1.82, 2.24) is 4.98 Å². The van der Waals surface area contributed by atoms with Gasteiger partial charge in [-0.3, -0.25) is 15.0 Å². The number of urea groups is 1. The predicted octanol–water partition coefficient (Wildman–Crippen LogP) is 2.76. The SMILES string of the molecule is CCN(C(N)=O)c1nc2cc([N+](=O)[O-])c(Cl)cc2s1. The van der Waals surface area contributed by atoms with Gasteiger partial charge in [0.2, 0.25) is 0 Å². The number of hydrogen-bond donors (Lipinski definition) is 1. The molecule has 2 rings (SSSR count). The van der Waals surface area contributed by atoms with Gasteiger partial charge < -0.3 is 5.73 Å². The smallest absolute Gasteiger partial charge is 0.321 e. The number of halogens is 1. The van der Waals surface area contributed by atoms with E-state index in [0.29, 0.717) is 21.9 Å². The van der Waals surface area contributed by atoms with Crippen molar-refractivity contribution < 1.29 is 9.72 Å². The molecule has 0 saturated carbocycles. The van der Waals surface area contributed by atoms with Crippen LogP contribution in [0.1, 0.15) is 6.92 Å². The molecule has 0 atom stereocenters.